The van der Waals surface area contributed by atoms with Gasteiger partial charge in [0.25, 0.3) is 0 Å². The number of rotatable bonds is 8. The summed E-state index contributed by atoms with van der Waals surface area (Å²) in [4.78, 5) is 12.8. The third-order valence-corrected chi connectivity index (χ3v) is 8.06. The molecule has 1 fully saturated rings. The van der Waals surface area contributed by atoms with E-state index in [4.69, 9.17) is 4.74 Å². The van der Waals surface area contributed by atoms with Gasteiger partial charge in [0.05, 0.1) is 10.6 Å². The maximum atomic E-state index is 13.1. The molecule has 1 aliphatic rings. The highest BCUT2D eigenvalue weighted by Gasteiger charge is 2.35. The second-order valence-electron chi connectivity index (χ2n) is 8.64. The van der Waals surface area contributed by atoms with Crippen molar-refractivity contribution in [2.75, 3.05) is 5.75 Å². The van der Waals surface area contributed by atoms with Crippen molar-refractivity contribution in [2.45, 2.75) is 62.7 Å². The van der Waals surface area contributed by atoms with E-state index in [1.54, 1.807) is 24.3 Å². The van der Waals surface area contributed by atoms with E-state index in [2.05, 4.69) is 40.4 Å². The molecule has 0 heterocycles. The number of benzene rings is 2. The predicted molar refractivity (Wildman–Crippen MR) is 129 cm³/mol. The Morgan fingerprint density at radius 1 is 1.09 bits per heavy atom. The van der Waals surface area contributed by atoms with Crippen LogP contribution < -0.4 is 10.6 Å². The van der Waals surface area contributed by atoms with Crippen molar-refractivity contribution in [2.24, 2.45) is 5.92 Å². The van der Waals surface area contributed by atoms with Gasteiger partial charge in [-0.1, -0.05) is 60.1 Å². The van der Waals surface area contributed by atoms with E-state index in [1.807, 2.05) is 30.3 Å². The van der Waals surface area contributed by atoms with Crippen LogP contribution in [0.2, 0.25) is 0 Å². The SMILES string of the molecule is CC(C)N[C@H]1CC[C@H](NC(=O)OCc2ccccc2)[C@H](CS(=O)(=O)c2ccc(Br)cc2)C1. The molecule has 1 amide bonds. The molecule has 0 aromatic heterocycles. The van der Waals surface area contributed by atoms with E-state index in [0.717, 1.165) is 16.5 Å². The summed E-state index contributed by atoms with van der Waals surface area (Å²) >= 11 is 3.35. The Kier molecular flexibility index (Phi) is 8.73. The van der Waals surface area contributed by atoms with Gasteiger partial charge in [-0.2, -0.15) is 0 Å². The van der Waals surface area contributed by atoms with E-state index in [1.165, 1.54) is 0 Å². The average molecular weight is 523 g/mol. The van der Waals surface area contributed by atoms with Gasteiger partial charge in [0.1, 0.15) is 6.61 Å². The molecule has 2 N–H and O–H groups in total. The van der Waals surface area contributed by atoms with Crippen molar-refractivity contribution < 1.29 is 17.9 Å². The van der Waals surface area contributed by atoms with Crippen LogP contribution in [0.15, 0.2) is 64.0 Å². The van der Waals surface area contributed by atoms with Crippen LogP contribution in [-0.4, -0.2) is 38.4 Å². The van der Waals surface area contributed by atoms with Gasteiger partial charge in [0, 0.05) is 22.6 Å². The Morgan fingerprint density at radius 2 is 1.78 bits per heavy atom. The Hall–Kier alpha value is -1.90. The lowest BCUT2D eigenvalue weighted by molar-refractivity contribution is 0.125. The van der Waals surface area contributed by atoms with Crippen LogP contribution in [-0.2, 0) is 21.2 Å². The first-order valence-corrected chi connectivity index (χ1v) is 13.4. The molecule has 1 saturated carbocycles. The number of hydrogen-bond donors (Lipinski definition) is 2. The van der Waals surface area contributed by atoms with E-state index < -0.39 is 15.9 Å². The van der Waals surface area contributed by atoms with Gasteiger partial charge in [-0.05, 0) is 55.0 Å². The number of alkyl carbamates (subject to hydrolysis) is 1. The third kappa shape index (κ3) is 7.32. The number of halogens is 1. The van der Waals surface area contributed by atoms with Gasteiger partial charge in [-0.25, -0.2) is 13.2 Å². The summed E-state index contributed by atoms with van der Waals surface area (Å²) in [7, 11) is -3.49. The molecule has 0 saturated heterocycles. The van der Waals surface area contributed by atoms with Crippen molar-refractivity contribution in [3.8, 4) is 0 Å². The molecule has 6 nitrogen and oxygen atoms in total. The van der Waals surface area contributed by atoms with E-state index in [0.29, 0.717) is 23.8 Å². The summed E-state index contributed by atoms with van der Waals surface area (Å²) < 4.78 is 32.4. The largest absolute Gasteiger partial charge is 0.445 e. The second-order valence-corrected chi connectivity index (χ2v) is 11.6. The number of ether oxygens (including phenoxy) is 1. The third-order valence-electron chi connectivity index (χ3n) is 5.67. The zero-order chi connectivity index (χ0) is 23.1. The molecule has 1 aliphatic carbocycles. The molecule has 0 unspecified atom stereocenters. The molecule has 2 aromatic rings. The molecule has 0 spiro atoms. The number of sulfone groups is 1. The van der Waals surface area contributed by atoms with Crippen LogP contribution in [0.25, 0.3) is 0 Å². The zero-order valence-corrected chi connectivity index (χ0v) is 20.9. The van der Waals surface area contributed by atoms with E-state index in [9.17, 15) is 13.2 Å². The highest BCUT2D eigenvalue weighted by molar-refractivity contribution is 9.10. The fourth-order valence-electron chi connectivity index (χ4n) is 4.20. The molecule has 174 valence electrons. The predicted octanol–water partition coefficient (Wildman–Crippen LogP) is 4.68. The molecule has 32 heavy (non-hydrogen) atoms. The molecule has 0 radical (unpaired) electrons. The molecule has 0 aliphatic heterocycles. The van der Waals surface area contributed by atoms with Crippen molar-refractivity contribution >= 4 is 31.9 Å². The zero-order valence-electron chi connectivity index (χ0n) is 18.5. The maximum Gasteiger partial charge on any atom is 0.407 e. The van der Waals surface area contributed by atoms with Gasteiger partial charge in [0.2, 0.25) is 0 Å². The van der Waals surface area contributed by atoms with Crippen LogP contribution in [0.4, 0.5) is 4.79 Å². The van der Waals surface area contributed by atoms with Gasteiger partial charge < -0.3 is 15.4 Å². The van der Waals surface area contributed by atoms with Gasteiger partial charge in [-0.15, -0.1) is 0 Å². The van der Waals surface area contributed by atoms with Gasteiger partial charge in [0.15, 0.2) is 9.84 Å². The molecule has 0 bridgehead atoms. The van der Waals surface area contributed by atoms with Crippen LogP contribution in [0.5, 0.6) is 0 Å². The summed E-state index contributed by atoms with van der Waals surface area (Å²) in [5, 5.41) is 6.46. The van der Waals surface area contributed by atoms with Crippen LogP contribution in [0, 0.1) is 5.92 Å². The van der Waals surface area contributed by atoms with E-state index >= 15 is 0 Å². The highest BCUT2D eigenvalue weighted by Crippen LogP contribution is 2.29. The van der Waals surface area contributed by atoms with Gasteiger partial charge in [-0.3, -0.25) is 0 Å². The lowest BCUT2D eigenvalue weighted by Gasteiger charge is -2.37. The molecule has 3 atom stereocenters. The minimum Gasteiger partial charge on any atom is -0.445 e. The average Bonchev–Trinajstić information content (AvgIpc) is 2.74. The summed E-state index contributed by atoms with van der Waals surface area (Å²) in [6, 6.07) is 16.4. The lowest BCUT2D eigenvalue weighted by atomic mass is 9.82. The monoisotopic (exact) mass is 522 g/mol. The lowest BCUT2D eigenvalue weighted by Crippen LogP contribution is -2.50. The van der Waals surface area contributed by atoms with Crippen LogP contribution in [0.1, 0.15) is 38.7 Å². The molecular formula is C24H31BrN2O4S. The Morgan fingerprint density at radius 3 is 2.44 bits per heavy atom. The molecule has 8 heteroatoms. The van der Waals surface area contributed by atoms with Crippen LogP contribution in [0.3, 0.4) is 0 Å². The summed E-state index contributed by atoms with van der Waals surface area (Å²) in [6.45, 7) is 4.34. The fourth-order valence-corrected chi connectivity index (χ4v) is 6.14. The standard InChI is InChI=1S/C24H31BrN2O4S/c1-17(2)26-21-10-13-23(27-24(28)31-15-18-6-4-3-5-7-18)19(14-21)16-32(29,30)22-11-8-20(25)9-12-22/h3-9,11-12,17,19,21,23,26H,10,13-16H2,1-2H3,(H,27,28)/t19-,21-,23-/m0/s1. The first kappa shape index (κ1) is 24.7. The maximum absolute atomic E-state index is 13.1. The van der Waals surface area contributed by atoms with Crippen LogP contribution >= 0.6 is 15.9 Å². The van der Waals surface area contributed by atoms with Crippen molar-refractivity contribution in [1.82, 2.24) is 10.6 Å². The number of carbonyl (C=O) groups is 1. The first-order valence-electron chi connectivity index (χ1n) is 10.9. The summed E-state index contributed by atoms with van der Waals surface area (Å²) in [6.07, 6.45) is 1.74. The summed E-state index contributed by atoms with van der Waals surface area (Å²) in [5.41, 5.74) is 0.904. The van der Waals surface area contributed by atoms with E-state index in [-0.39, 0.29) is 30.4 Å². The molecule has 3 rings (SSSR count). The highest BCUT2D eigenvalue weighted by atomic mass is 79.9. The van der Waals surface area contributed by atoms with Crippen molar-refractivity contribution in [1.29, 1.82) is 0 Å². The minimum atomic E-state index is -3.49. The minimum absolute atomic E-state index is 0.0193. The Balaban J connectivity index is 1.68. The Labute approximate surface area is 199 Å². The Bertz CT molecular complexity index is 981. The fraction of sp³-hybridized carbons (Fsp3) is 0.458. The topological polar surface area (TPSA) is 84.5 Å². The van der Waals surface area contributed by atoms with Gasteiger partial charge >= 0.3 is 6.09 Å². The normalized spacial score (nSPS) is 21.3. The molecular weight excluding hydrogens is 492 g/mol. The number of amides is 1. The number of hydrogen-bond acceptors (Lipinski definition) is 5. The molecule has 2 aromatic carbocycles. The summed E-state index contributed by atoms with van der Waals surface area (Å²) in [5.74, 6) is -0.230. The number of carbonyl (C=O) groups excluding carboxylic acids is 1. The number of nitrogens with one attached hydrogen (secondary N) is 2. The van der Waals surface area contributed by atoms with Crippen molar-refractivity contribution in [3.05, 3.63) is 64.6 Å². The second kappa shape index (κ2) is 11.3. The quantitative estimate of drug-likeness (QED) is 0.525. The first-order chi connectivity index (χ1) is 15.2. The smallest absolute Gasteiger partial charge is 0.407 e. The van der Waals surface area contributed by atoms with Crippen molar-refractivity contribution in [3.63, 3.8) is 0 Å².